The van der Waals surface area contributed by atoms with Gasteiger partial charge in [0.1, 0.15) is 11.6 Å². The standard InChI is InChI=1S/C20H20FNO4/c1-22(12-14-2-8-17(9-3-14)26-13-18(23)24)19(25)20(10-11-20)15-4-6-16(21)7-5-15/h2-9H,10-13H2,1H3,(H,23,24). The molecule has 0 unspecified atom stereocenters. The number of carbonyl (C=O) groups excluding carboxylic acids is 1. The minimum atomic E-state index is -1.03. The zero-order valence-electron chi connectivity index (χ0n) is 14.4. The number of carbonyl (C=O) groups is 2. The molecule has 0 heterocycles. The first kappa shape index (κ1) is 17.9. The lowest BCUT2D eigenvalue weighted by molar-refractivity contribution is -0.139. The molecule has 0 spiro atoms. The summed E-state index contributed by atoms with van der Waals surface area (Å²) in [6.45, 7) is 0.0406. The average molecular weight is 357 g/mol. The minimum absolute atomic E-state index is 0.0234. The monoisotopic (exact) mass is 357 g/mol. The maximum atomic E-state index is 13.1. The van der Waals surface area contributed by atoms with Crippen LogP contribution in [-0.4, -0.2) is 35.5 Å². The molecule has 136 valence electrons. The fourth-order valence-electron chi connectivity index (χ4n) is 3.07. The lowest BCUT2D eigenvalue weighted by Gasteiger charge is -2.24. The number of nitrogens with zero attached hydrogens (tertiary/aromatic N) is 1. The van der Waals surface area contributed by atoms with Gasteiger partial charge in [0.05, 0.1) is 5.41 Å². The van der Waals surface area contributed by atoms with Crippen LogP contribution < -0.4 is 4.74 Å². The van der Waals surface area contributed by atoms with Crippen molar-refractivity contribution in [1.82, 2.24) is 4.90 Å². The van der Waals surface area contributed by atoms with Gasteiger partial charge in [0, 0.05) is 13.6 Å². The fraction of sp³-hybridized carbons (Fsp3) is 0.300. The third kappa shape index (κ3) is 3.85. The quantitative estimate of drug-likeness (QED) is 0.827. The summed E-state index contributed by atoms with van der Waals surface area (Å²) in [4.78, 5) is 25.1. The largest absolute Gasteiger partial charge is 0.482 e. The normalized spacial score (nSPS) is 14.5. The Hall–Kier alpha value is -2.89. The molecule has 0 atom stereocenters. The molecule has 0 aromatic heterocycles. The van der Waals surface area contributed by atoms with Crippen LogP contribution in [0.2, 0.25) is 0 Å². The van der Waals surface area contributed by atoms with Gasteiger partial charge in [-0.1, -0.05) is 24.3 Å². The molecule has 0 radical (unpaired) electrons. The Morgan fingerprint density at radius 1 is 1.12 bits per heavy atom. The van der Waals surface area contributed by atoms with Crippen LogP contribution in [0.5, 0.6) is 5.75 Å². The highest BCUT2D eigenvalue weighted by Crippen LogP contribution is 2.49. The van der Waals surface area contributed by atoms with E-state index in [0.717, 1.165) is 24.0 Å². The highest BCUT2D eigenvalue weighted by Gasteiger charge is 2.52. The van der Waals surface area contributed by atoms with E-state index >= 15 is 0 Å². The van der Waals surface area contributed by atoms with Gasteiger partial charge in [-0.25, -0.2) is 9.18 Å². The highest BCUT2D eigenvalue weighted by atomic mass is 19.1. The second-order valence-corrected chi connectivity index (χ2v) is 6.58. The van der Waals surface area contributed by atoms with Crippen LogP contribution in [0.15, 0.2) is 48.5 Å². The second-order valence-electron chi connectivity index (χ2n) is 6.58. The first-order valence-electron chi connectivity index (χ1n) is 8.36. The van der Waals surface area contributed by atoms with Crippen molar-refractivity contribution in [2.24, 2.45) is 0 Å². The second kappa shape index (κ2) is 7.15. The maximum Gasteiger partial charge on any atom is 0.341 e. The van der Waals surface area contributed by atoms with E-state index in [1.807, 2.05) is 0 Å². The minimum Gasteiger partial charge on any atom is -0.482 e. The molecule has 0 bridgehead atoms. The summed E-state index contributed by atoms with van der Waals surface area (Å²) in [5, 5.41) is 8.61. The zero-order chi connectivity index (χ0) is 18.7. The maximum absolute atomic E-state index is 13.1. The number of hydrogen-bond donors (Lipinski definition) is 1. The predicted molar refractivity (Wildman–Crippen MR) is 93.4 cm³/mol. The Morgan fingerprint density at radius 3 is 2.27 bits per heavy atom. The Kier molecular flexibility index (Phi) is 4.93. The highest BCUT2D eigenvalue weighted by molar-refractivity contribution is 5.91. The summed E-state index contributed by atoms with van der Waals surface area (Å²) in [6, 6.07) is 13.1. The number of hydrogen-bond acceptors (Lipinski definition) is 3. The van der Waals surface area contributed by atoms with E-state index in [9.17, 15) is 14.0 Å². The van der Waals surface area contributed by atoms with E-state index in [4.69, 9.17) is 9.84 Å². The molecule has 3 rings (SSSR count). The number of amides is 1. The lowest BCUT2D eigenvalue weighted by atomic mass is 9.94. The summed E-state index contributed by atoms with van der Waals surface area (Å²) >= 11 is 0. The van der Waals surface area contributed by atoms with Crippen molar-refractivity contribution >= 4 is 11.9 Å². The van der Waals surface area contributed by atoms with Gasteiger partial charge in [-0.05, 0) is 48.2 Å². The molecule has 1 aliphatic carbocycles. The van der Waals surface area contributed by atoms with Crippen molar-refractivity contribution in [3.63, 3.8) is 0 Å². The first-order valence-corrected chi connectivity index (χ1v) is 8.36. The molecule has 6 heteroatoms. The molecule has 1 fully saturated rings. The summed E-state index contributed by atoms with van der Waals surface area (Å²) < 4.78 is 18.2. The van der Waals surface area contributed by atoms with Gasteiger partial charge in [-0.15, -0.1) is 0 Å². The number of halogens is 1. The van der Waals surface area contributed by atoms with Crippen molar-refractivity contribution in [2.75, 3.05) is 13.7 Å². The third-order valence-corrected chi connectivity index (χ3v) is 4.61. The summed E-state index contributed by atoms with van der Waals surface area (Å²) in [7, 11) is 1.75. The Balaban J connectivity index is 1.64. The Labute approximate surface area is 151 Å². The number of benzene rings is 2. The number of carboxylic acids is 1. The van der Waals surface area contributed by atoms with Crippen LogP contribution in [0.25, 0.3) is 0 Å². The van der Waals surface area contributed by atoms with Crippen molar-refractivity contribution in [3.05, 3.63) is 65.5 Å². The van der Waals surface area contributed by atoms with E-state index in [1.54, 1.807) is 48.3 Å². The van der Waals surface area contributed by atoms with Crippen LogP contribution in [0.1, 0.15) is 24.0 Å². The van der Waals surface area contributed by atoms with E-state index in [-0.39, 0.29) is 11.7 Å². The smallest absolute Gasteiger partial charge is 0.341 e. The van der Waals surface area contributed by atoms with Crippen LogP contribution in [-0.2, 0) is 21.5 Å². The Morgan fingerprint density at radius 2 is 1.73 bits per heavy atom. The Bertz CT molecular complexity index is 798. The number of aliphatic carboxylic acids is 1. The number of likely N-dealkylation sites (N-methyl/N-ethyl adjacent to an activating group) is 1. The molecule has 1 aliphatic rings. The summed E-state index contributed by atoms with van der Waals surface area (Å²) in [5.74, 6) is -0.851. The predicted octanol–water partition coefficient (Wildman–Crippen LogP) is 2.98. The van der Waals surface area contributed by atoms with Crippen molar-refractivity contribution in [2.45, 2.75) is 24.8 Å². The topological polar surface area (TPSA) is 66.8 Å². The van der Waals surface area contributed by atoms with E-state index in [0.29, 0.717) is 12.3 Å². The van der Waals surface area contributed by atoms with Crippen molar-refractivity contribution in [3.8, 4) is 5.75 Å². The van der Waals surface area contributed by atoms with Crippen LogP contribution >= 0.6 is 0 Å². The SMILES string of the molecule is CN(Cc1ccc(OCC(=O)O)cc1)C(=O)C1(c2ccc(F)cc2)CC1. The molecular weight excluding hydrogens is 337 g/mol. The molecule has 0 saturated heterocycles. The number of rotatable bonds is 7. The van der Waals surface area contributed by atoms with Gasteiger partial charge in [-0.3, -0.25) is 4.79 Å². The molecule has 26 heavy (non-hydrogen) atoms. The van der Waals surface area contributed by atoms with Gasteiger partial charge in [0.2, 0.25) is 5.91 Å². The van der Waals surface area contributed by atoms with E-state index < -0.39 is 18.0 Å². The molecule has 1 saturated carbocycles. The van der Waals surface area contributed by atoms with Crippen LogP contribution in [0, 0.1) is 5.82 Å². The number of ether oxygens (including phenoxy) is 1. The molecule has 2 aromatic carbocycles. The number of carboxylic acid groups (broad SMARTS) is 1. The molecular formula is C20H20FNO4. The third-order valence-electron chi connectivity index (χ3n) is 4.61. The van der Waals surface area contributed by atoms with E-state index in [2.05, 4.69) is 0 Å². The van der Waals surface area contributed by atoms with Gasteiger partial charge < -0.3 is 14.7 Å². The lowest BCUT2D eigenvalue weighted by Crippen LogP contribution is -2.36. The molecule has 1 amide bonds. The van der Waals surface area contributed by atoms with E-state index in [1.165, 1.54) is 12.1 Å². The van der Waals surface area contributed by atoms with Gasteiger partial charge in [0.15, 0.2) is 6.61 Å². The molecule has 1 N–H and O–H groups in total. The van der Waals surface area contributed by atoms with Gasteiger partial charge in [-0.2, -0.15) is 0 Å². The fourth-order valence-corrected chi connectivity index (χ4v) is 3.07. The van der Waals surface area contributed by atoms with Gasteiger partial charge in [0.25, 0.3) is 0 Å². The molecule has 5 nitrogen and oxygen atoms in total. The van der Waals surface area contributed by atoms with Crippen molar-refractivity contribution < 1.29 is 23.8 Å². The zero-order valence-corrected chi connectivity index (χ0v) is 14.4. The van der Waals surface area contributed by atoms with Crippen LogP contribution in [0.4, 0.5) is 4.39 Å². The van der Waals surface area contributed by atoms with Crippen LogP contribution in [0.3, 0.4) is 0 Å². The summed E-state index contributed by atoms with van der Waals surface area (Å²) in [6.07, 6.45) is 1.54. The average Bonchev–Trinajstić information content (AvgIpc) is 3.43. The first-order chi connectivity index (χ1) is 12.4. The molecule has 0 aliphatic heterocycles. The van der Waals surface area contributed by atoms with Gasteiger partial charge >= 0.3 is 5.97 Å². The molecule has 2 aromatic rings. The van der Waals surface area contributed by atoms with Crippen molar-refractivity contribution in [1.29, 1.82) is 0 Å². The summed E-state index contributed by atoms with van der Waals surface area (Å²) in [5.41, 5.74) is 1.24.